The van der Waals surface area contributed by atoms with E-state index in [1.54, 1.807) is 6.07 Å². The van der Waals surface area contributed by atoms with Crippen molar-refractivity contribution >= 4 is 27.6 Å². The van der Waals surface area contributed by atoms with Crippen LogP contribution < -0.4 is 5.32 Å². The van der Waals surface area contributed by atoms with E-state index in [4.69, 9.17) is 0 Å². The smallest absolute Gasteiger partial charge is 0.333 e. The normalized spacial score (nSPS) is 13.5. The fraction of sp³-hybridized carbons (Fsp3) is 0.133. The van der Waals surface area contributed by atoms with Crippen LogP contribution in [0.1, 0.15) is 12.5 Å². The number of aliphatic carboxylic acids is 1. The van der Waals surface area contributed by atoms with Crippen molar-refractivity contribution in [2.75, 3.05) is 5.32 Å². The Morgan fingerprint density at radius 2 is 1.86 bits per heavy atom. The summed E-state index contributed by atoms with van der Waals surface area (Å²) in [6.45, 7) is 1.28. The molecule has 0 amide bonds. The van der Waals surface area contributed by atoms with Crippen molar-refractivity contribution < 1.29 is 18.7 Å². The fourth-order valence-electron chi connectivity index (χ4n) is 1.95. The van der Waals surface area contributed by atoms with Gasteiger partial charge < -0.3 is 10.4 Å². The topological polar surface area (TPSA) is 49.3 Å². The van der Waals surface area contributed by atoms with Gasteiger partial charge in [0.15, 0.2) is 5.54 Å². The van der Waals surface area contributed by atoms with Crippen LogP contribution in [0.5, 0.6) is 0 Å². The maximum atomic E-state index is 14.0. The van der Waals surface area contributed by atoms with Gasteiger partial charge in [-0.1, -0.05) is 28.1 Å². The molecule has 3 nitrogen and oxygen atoms in total. The highest BCUT2D eigenvalue weighted by Crippen LogP contribution is 2.31. The molecule has 0 aliphatic rings. The van der Waals surface area contributed by atoms with E-state index in [0.29, 0.717) is 4.47 Å². The number of hydrogen-bond donors (Lipinski definition) is 2. The maximum Gasteiger partial charge on any atom is 0.333 e. The third kappa shape index (κ3) is 3.05. The first kappa shape index (κ1) is 15.4. The number of carbonyl (C=O) groups is 1. The highest BCUT2D eigenvalue weighted by Gasteiger charge is 2.38. The molecule has 21 heavy (non-hydrogen) atoms. The van der Waals surface area contributed by atoms with Gasteiger partial charge in [0.25, 0.3) is 0 Å². The first-order valence-electron chi connectivity index (χ1n) is 6.06. The SMILES string of the molecule is CC(Nc1ccccc1F)(C(=O)O)c1cc(Br)ccc1F. The Hall–Kier alpha value is -1.95. The lowest BCUT2D eigenvalue weighted by atomic mass is 9.91. The lowest BCUT2D eigenvalue weighted by Crippen LogP contribution is -2.41. The molecule has 2 aromatic carbocycles. The second kappa shape index (κ2) is 5.81. The van der Waals surface area contributed by atoms with Gasteiger partial charge >= 0.3 is 5.97 Å². The third-order valence-electron chi connectivity index (χ3n) is 3.15. The van der Waals surface area contributed by atoms with E-state index >= 15 is 0 Å². The standard InChI is InChI=1S/C15H12BrF2NO2/c1-15(14(20)21,10-8-9(16)6-7-11(10)17)19-13-5-3-2-4-12(13)18/h2-8,19H,1H3,(H,20,21). The number of para-hydroxylation sites is 1. The summed E-state index contributed by atoms with van der Waals surface area (Å²) in [4.78, 5) is 11.6. The third-order valence-corrected chi connectivity index (χ3v) is 3.65. The zero-order valence-electron chi connectivity index (χ0n) is 11.0. The Bertz CT molecular complexity index is 693. The molecule has 110 valence electrons. The van der Waals surface area contributed by atoms with Gasteiger partial charge in [-0.2, -0.15) is 0 Å². The zero-order valence-corrected chi connectivity index (χ0v) is 12.6. The van der Waals surface area contributed by atoms with Crippen molar-refractivity contribution in [1.29, 1.82) is 0 Å². The number of nitrogens with one attached hydrogen (secondary N) is 1. The second-order valence-corrected chi connectivity index (χ2v) is 5.57. The van der Waals surface area contributed by atoms with E-state index in [1.807, 2.05) is 0 Å². The predicted molar refractivity (Wildman–Crippen MR) is 79.1 cm³/mol. The molecule has 1 unspecified atom stereocenters. The molecule has 0 aromatic heterocycles. The average molecular weight is 356 g/mol. The molecule has 2 rings (SSSR count). The molecule has 1 atom stereocenters. The van der Waals surface area contributed by atoms with Gasteiger partial charge in [0.05, 0.1) is 5.69 Å². The van der Waals surface area contributed by atoms with Gasteiger partial charge in [-0.3, -0.25) is 0 Å². The van der Waals surface area contributed by atoms with Gasteiger partial charge in [-0.05, 0) is 37.3 Å². The van der Waals surface area contributed by atoms with Crippen LogP contribution in [0.4, 0.5) is 14.5 Å². The van der Waals surface area contributed by atoms with E-state index in [2.05, 4.69) is 21.2 Å². The summed E-state index contributed by atoms with van der Waals surface area (Å²) in [6, 6.07) is 9.61. The molecule has 6 heteroatoms. The first-order chi connectivity index (χ1) is 9.84. The molecular formula is C15H12BrF2NO2. The summed E-state index contributed by atoms with van der Waals surface area (Å²) >= 11 is 3.18. The molecule has 0 radical (unpaired) electrons. The van der Waals surface area contributed by atoms with Crippen LogP contribution in [-0.4, -0.2) is 11.1 Å². The van der Waals surface area contributed by atoms with Crippen LogP contribution in [0, 0.1) is 11.6 Å². The second-order valence-electron chi connectivity index (χ2n) is 4.66. The van der Waals surface area contributed by atoms with Crippen LogP contribution in [0.15, 0.2) is 46.9 Å². The van der Waals surface area contributed by atoms with E-state index in [1.165, 1.54) is 37.3 Å². The average Bonchev–Trinajstić information content (AvgIpc) is 2.43. The minimum atomic E-state index is -1.81. The Balaban J connectivity index is 2.53. The maximum absolute atomic E-state index is 14.0. The largest absolute Gasteiger partial charge is 0.479 e. The number of hydrogen-bond acceptors (Lipinski definition) is 2. The summed E-state index contributed by atoms with van der Waals surface area (Å²) < 4.78 is 28.3. The quantitative estimate of drug-likeness (QED) is 0.866. The molecule has 0 bridgehead atoms. The number of benzene rings is 2. The number of anilines is 1. The van der Waals surface area contributed by atoms with E-state index in [-0.39, 0.29) is 11.3 Å². The summed E-state index contributed by atoms with van der Waals surface area (Å²) in [5.74, 6) is -2.62. The van der Waals surface area contributed by atoms with Crippen molar-refractivity contribution in [2.24, 2.45) is 0 Å². The van der Waals surface area contributed by atoms with Crippen molar-refractivity contribution in [3.05, 3.63) is 64.1 Å². The van der Waals surface area contributed by atoms with Gasteiger partial charge in [-0.15, -0.1) is 0 Å². The molecule has 0 saturated carbocycles. The highest BCUT2D eigenvalue weighted by atomic mass is 79.9. The molecule has 2 aromatic rings. The molecule has 0 heterocycles. The Kier molecular flexibility index (Phi) is 4.27. The summed E-state index contributed by atoms with van der Waals surface area (Å²) in [5, 5.41) is 12.1. The minimum Gasteiger partial charge on any atom is -0.479 e. The number of carboxylic acid groups (broad SMARTS) is 1. The van der Waals surface area contributed by atoms with Gasteiger partial charge in [0.1, 0.15) is 11.6 Å². The zero-order chi connectivity index (χ0) is 15.6. The van der Waals surface area contributed by atoms with Crippen LogP contribution in [0.3, 0.4) is 0 Å². The van der Waals surface area contributed by atoms with Gasteiger partial charge in [0.2, 0.25) is 0 Å². The Morgan fingerprint density at radius 1 is 1.19 bits per heavy atom. The molecule has 0 saturated heterocycles. The first-order valence-corrected chi connectivity index (χ1v) is 6.85. The van der Waals surface area contributed by atoms with Crippen molar-refractivity contribution in [2.45, 2.75) is 12.5 Å². The van der Waals surface area contributed by atoms with E-state index < -0.39 is 23.1 Å². The van der Waals surface area contributed by atoms with Crippen molar-refractivity contribution in [1.82, 2.24) is 0 Å². The number of carboxylic acids is 1. The van der Waals surface area contributed by atoms with Gasteiger partial charge in [-0.25, -0.2) is 13.6 Å². The monoisotopic (exact) mass is 355 g/mol. The summed E-state index contributed by atoms with van der Waals surface area (Å²) in [5.41, 5.74) is -1.91. The molecular weight excluding hydrogens is 344 g/mol. The predicted octanol–water partition coefficient (Wildman–Crippen LogP) is 4.14. The summed E-state index contributed by atoms with van der Waals surface area (Å²) in [7, 11) is 0. The number of halogens is 3. The van der Waals surface area contributed by atoms with E-state index in [0.717, 1.165) is 6.07 Å². The van der Waals surface area contributed by atoms with Crippen LogP contribution in [-0.2, 0) is 10.3 Å². The molecule has 0 aliphatic heterocycles. The molecule has 0 aliphatic carbocycles. The van der Waals surface area contributed by atoms with Crippen LogP contribution >= 0.6 is 15.9 Å². The van der Waals surface area contributed by atoms with Crippen LogP contribution in [0.25, 0.3) is 0 Å². The van der Waals surface area contributed by atoms with Crippen molar-refractivity contribution in [3.8, 4) is 0 Å². The Labute approximate surface area is 128 Å². The molecule has 2 N–H and O–H groups in total. The summed E-state index contributed by atoms with van der Waals surface area (Å²) in [6.07, 6.45) is 0. The van der Waals surface area contributed by atoms with Crippen molar-refractivity contribution in [3.63, 3.8) is 0 Å². The molecule has 0 spiro atoms. The number of rotatable bonds is 4. The lowest BCUT2D eigenvalue weighted by Gasteiger charge is -2.28. The minimum absolute atomic E-state index is 0.0122. The Morgan fingerprint density at radius 3 is 2.48 bits per heavy atom. The van der Waals surface area contributed by atoms with Gasteiger partial charge in [0, 0.05) is 10.0 Å². The lowest BCUT2D eigenvalue weighted by molar-refractivity contribution is -0.142. The van der Waals surface area contributed by atoms with E-state index in [9.17, 15) is 18.7 Å². The molecule has 0 fully saturated rings. The highest BCUT2D eigenvalue weighted by molar-refractivity contribution is 9.10. The van der Waals surface area contributed by atoms with Crippen LogP contribution in [0.2, 0.25) is 0 Å². The fourth-order valence-corrected chi connectivity index (χ4v) is 2.31.